The van der Waals surface area contributed by atoms with Crippen molar-refractivity contribution in [3.05, 3.63) is 0 Å². The summed E-state index contributed by atoms with van der Waals surface area (Å²) in [5.41, 5.74) is 0. The van der Waals surface area contributed by atoms with Gasteiger partial charge in [-0.3, -0.25) is 9.59 Å². The zero-order valence-corrected chi connectivity index (χ0v) is 17.5. The molecule has 0 amide bonds. The van der Waals surface area contributed by atoms with Crippen LogP contribution in [0.3, 0.4) is 0 Å². The number of hydrogen-bond acceptors (Lipinski definition) is 4. The summed E-state index contributed by atoms with van der Waals surface area (Å²) in [5.74, 6) is -0.589. The Labute approximate surface area is 161 Å². The molecule has 0 saturated heterocycles. The molecule has 0 aliphatic carbocycles. The molecular weight excluding hydrogens is 328 g/mol. The van der Waals surface area contributed by atoms with Crippen LogP contribution in [-0.4, -0.2) is 24.6 Å². The molecule has 0 aromatic carbocycles. The van der Waals surface area contributed by atoms with Crippen molar-refractivity contribution in [1.29, 1.82) is 0 Å². The van der Waals surface area contributed by atoms with Crippen LogP contribution in [0.15, 0.2) is 0 Å². The van der Waals surface area contributed by atoms with E-state index in [-0.39, 0.29) is 30.9 Å². The van der Waals surface area contributed by atoms with Gasteiger partial charge in [0.25, 0.3) is 0 Å². The average molecular weight is 371 g/mol. The fourth-order valence-corrected chi connectivity index (χ4v) is 2.90. The molecule has 4 heteroatoms. The summed E-state index contributed by atoms with van der Waals surface area (Å²) in [7, 11) is 0. The largest absolute Gasteiger partial charge is 0.466 e. The van der Waals surface area contributed by atoms with E-state index in [1.54, 1.807) is 0 Å². The normalized spacial score (nSPS) is 12.0. The first kappa shape index (κ1) is 24.9. The smallest absolute Gasteiger partial charge is 0.306 e. The Morgan fingerprint density at radius 2 is 1.19 bits per heavy atom. The van der Waals surface area contributed by atoms with Crippen molar-refractivity contribution >= 4 is 11.9 Å². The van der Waals surface area contributed by atoms with Crippen molar-refractivity contribution in [2.45, 2.75) is 123 Å². The number of carbonyl (C=O) groups excluding carboxylic acids is 2. The molecule has 4 nitrogen and oxygen atoms in total. The Morgan fingerprint density at radius 1 is 0.692 bits per heavy atom. The van der Waals surface area contributed by atoms with Crippen molar-refractivity contribution in [3.8, 4) is 0 Å². The van der Waals surface area contributed by atoms with Gasteiger partial charge in [-0.15, -0.1) is 0 Å². The molecule has 0 aliphatic rings. The van der Waals surface area contributed by atoms with Crippen LogP contribution in [0.25, 0.3) is 0 Å². The quantitative estimate of drug-likeness (QED) is 0.208. The summed E-state index contributed by atoms with van der Waals surface area (Å²) in [6, 6.07) is 0. The second-order valence-corrected chi connectivity index (χ2v) is 7.35. The molecule has 0 radical (unpaired) electrons. The van der Waals surface area contributed by atoms with Gasteiger partial charge in [0.2, 0.25) is 0 Å². The predicted molar refractivity (Wildman–Crippen MR) is 107 cm³/mol. The minimum Gasteiger partial charge on any atom is -0.466 e. The first-order valence-corrected chi connectivity index (χ1v) is 10.9. The predicted octanol–water partition coefficient (Wildman–Crippen LogP) is 6.35. The number of rotatable bonds is 18. The first-order valence-electron chi connectivity index (χ1n) is 10.9. The van der Waals surface area contributed by atoms with E-state index in [9.17, 15) is 9.59 Å². The summed E-state index contributed by atoms with van der Waals surface area (Å²) < 4.78 is 10.5. The Balaban J connectivity index is 3.44. The third-order valence-corrected chi connectivity index (χ3v) is 4.59. The van der Waals surface area contributed by atoms with Gasteiger partial charge in [0.15, 0.2) is 0 Å². The molecule has 154 valence electrons. The maximum absolute atomic E-state index is 11.7. The number of unbranched alkanes of at least 4 members (excludes halogenated alkanes) is 10. The van der Waals surface area contributed by atoms with Gasteiger partial charge in [-0.25, -0.2) is 0 Å². The van der Waals surface area contributed by atoms with Gasteiger partial charge >= 0.3 is 11.9 Å². The third-order valence-electron chi connectivity index (χ3n) is 4.59. The van der Waals surface area contributed by atoms with Crippen LogP contribution in [0.1, 0.15) is 117 Å². The van der Waals surface area contributed by atoms with Gasteiger partial charge in [-0.05, 0) is 26.2 Å². The van der Waals surface area contributed by atoms with Crippen LogP contribution in [0.4, 0.5) is 0 Å². The van der Waals surface area contributed by atoms with Gasteiger partial charge in [-0.2, -0.15) is 0 Å². The van der Waals surface area contributed by atoms with Gasteiger partial charge in [0.05, 0.1) is 25.6 Å². The SMILES string of the molecule is CCCCCCCCCCCOC(=O)CCC(=O)OC(C)CCCCC. The Bertz CT molecular complexity index is 341. The number of hydrogen-bond donors (Lipinski definition) is 0. The summed E-state index contributed by atoms with van der Waals surface area (Å²) in [6.07, 6.45) is 15.6. The molecule has 0 saturated carbocycles. The van der Waals surface area contributed by atoms with E-state index in [1.807, 2.05) is 6.92 Å². The second-order valence-electron chi connectivity index (χ2n) is 7.35. The molecule has 0 aromatic rings. The van der Waals surface area contributed by atoms with Crippen molar-refractivity contribution in [1.82, 2.24) is 0 Å². The highest BCUT2D eigenvalue weighted by molar-refractivity contribution is 5.77. The molecule has 0 aliphatic heterocycles. The zero-order valence-electron chi connectivity index (χ0n) is 17.5. The molecule has 0 spiro atoms. The molecule has 0 aromatic heterocycles. The first-order chi connectivity index (χ1) is 12.6. The lowest BCUT2D eigenvalue weighted by Gasteiger charge is -2.12. The highest BCUT2D eigenvalue weighted by Gasteiger charge is 2.12. The topological polar surface area (TPSA) is 52.6 Å². The van der Waals surface area contributed by atoms with E-state index in [0.717, 1.165) is 38.5 Å². The molecule has 26 heavy (non-hydrogen) atoms. The third kappa shape index (κ3) is 17.8. The summed E-state index contributed by atoms with van der Waals surface area (Å²) in [5, 5.41) is 0. The molecule has 0 bridgehead atoms. The lowest BCUT2D eigenvalue weighted by atomic mass is 10.1. The van der Waals surface area contributed by atoms with Gasteiger partial charge in [-0.1, -0.05) is 78.1 Å². The van der Waals surface area contributed by atoms with Gasteiger partial charge in [0, 0.05) is 0 Å². The summed E-state index contributed by atoms with van der Waals surface area (Å²) >= 11 is 0. The van der Waals surface area contributed by atoms with E-state index in [1.165, 1.54) is 44.9 Å². The Kier molecular flexibility index (Phi) is 18.0. The van der Waals surface area contributed by atoms with Crippen LogP contribution < -0.4 is 0 Å². The lowest BCUT2D eigenvalue weighted by Crippen LogP contribution is -2.16. The van der Waals surface area contributed by atoms with E-state index < -0.39 is 0 Å². The molecule has 0 fully saturated rings. The molecule has 0 N–H and O–H groups in total. The van der Waals surface area contributed by atoms with Crippen molar-refractivity contribution in [2.75, 3.05) is 6.61 Å². The maximum Gasteiger partial charge on any atom is 0.306 e. The maximum atomic E-state index is 11.7. The van der Waals surface area contributed by atoms with Crippen LogP contribution >= 0.6 is 0 Å². The monoisotopic (exact) mass is 370 g/mol. The van der Waals surface area contributed by atoms with Gasteiger partial charge in [0.1, 0.15) is 0 Å². The second kappa shape index (κ2) is 18.7. The molecule has 1 unspecified atom stereocenters. The van der Waals surface area contributed by atoms with Gasteiger partial charge < -0.3 is 9.47 Å². The minimum atomic E-state index is -0.297. The fraction of sp³-hybridized carbons (Fsp3) is 0.909. The van der Waals surface area contributed by atoms with E-state index in [2.05, 4.69) is 13.8 Å². The minimum absolute atomic E-state index is 0.0629. The van der Waals surface area contributed by atoms with Crippen LogP contribution in [0.2, 0.25) is 0 Å². The van der Waals surface area contributed by atoms with Crippen LogP contribution in [0, 0.1) is 0 Å². The number of ether oxygens (including phenoxy) is 2. The summed E-state index contributed by atoms with van der Waals surface area (Å²) in [4.78, 5) is 23.4. The Morgan fingerprint density at radius 3 is 1.81 bits per heavy atom. The van der Waals surface area contributed by atoms with E-state index in [4.69, 9.17) is 9.47 Å². The number of esters is 2. The highest BCUT2D eigenvalue weighted by Crippen LogP contribution is 2.10. The molecular formula is C22H42O4. The lowest BCUT2D eigenvalue weighted by molar-refractivity contribution is -0.153. The van der Waals surface area contributed by atoms with Crippen molar-refractivity contribution in [3.63, 3.8) is 0 Å². The molecule has 0 heterocycles. The average Bonchev–Trinajstić information content (AvgIpc) is 2.61. The van der Waals surface area contributed by atoms with E-state index in [0.29, 0.717) is 6.61 Å². The summed E-state index contributed by atoms with van der Waals surface area (Å²) in [6.45, 7) is 6.77. The number of carbonyl (C=O) groups is 2. The standard InChI is InChI=1S/C22H42O4/c1-4-6-8-9-10-11-12-13-15-19-25-21(23)17-18-22(24)26-20(3)16-14-7-5-2/h20H,4-19H2,1-3H3. The molecule has 1 atom stereocenters. The van der Waals surface area contributed by atoms with Crippen molar-refractivity contribution < 1.29 is 19.1 Å². The van der Waals surface area contributed by atoms with Crippen LogP contribution in [0.5, 0.6) is 0 Å². The highest BCUT2D eigenvalue weighted by atomic mass is 16.5. The molecule has 0 rings (SSSR count). The van der Waals surface area contributed by atoms with Crippen LogP contribution in [-0.2, 0) is 19.1 Å². The zero-order chi connectivity index (χ0) is 19.5. The van der Waals surface area contributed by atoms with Crippen molar-refractivity contribution in [2.24, 2.45) is 0 Å². The van der Waals surface area contributed by atoms with E-state index >= 15 is 0 Å². The Hall–Kier alpha value is -1.06. The fourth-order valence-electron chi connectivity index (χ4n) is 2.90.